The standard InChI is InChI=1S/C23H24ClN3O5S2/c1-31-17-5-8-21(32-2)19(13-17)20-14-33-23(25-20)26-22(28)15-9-11-27(12-10-15)34(29,30)18-6-3-16(24)4-7-18/h3-8,13-15H,9-12H2,1-2H3,(H,25,26,28). The Kier molecular flexibility index (Phi) is 7.42. The van der Waals surface area contributed by atoms with Gasteiger partial charge in [0.1, 0.15) is 11.5 Å². The molecule has 0 atom stereocenters. The van der Waals surface area contributed by atoms with Gasteiger partial charge >= 0.3 is 0 Å². The van der Waals surface area contributed by atoms with E-state index in [1.165, 1.54) is 27.8 Å². The molecule has 2 aromatic carbocycles. The van der Waals surface area contributed by atoms with Crippen molar-refractivity contribution in [3.8, 4) is 22.8 Å². The third kappa shape index (κ3) is 5.20. The number of ether oxygens (including phenoxy) is 2. The van der Waals surface area contributed by atoms with Crippen molar-refractivity contribution in [1.82, 2.24) is 9.29 Å². The Morgan fingerprint density at radius 2 is 1.82 bits per heavy atom. The van der Waals surface area contributed by atoms with Gasteiger partial charge in [-0.2, -0.15) is 4.31 Å². The SMILES string of the molecule is COc1ccc(OC)c(-c2csc(NC(=O)C3CCN(S(=O)(=O)c4ccc(Cl)cc4)CC3)n2)c1. The molecule has 11 heteroatoms. The summed E-state index contributed by atoms with van der Waals surface area (Å²) in [7, 11) is -0.445. The molecule has 34 heavy (non-hydrogen) atoms. The van der Waals surface area contributed by atoms with Crippen molar-refractivity contribution in [3.63, 3.8) is 0 Å². The van der Waals surface area contributed by atoms with Crippen LogP contribution < -0.4 is 14.8 Å². The van der Waals surface area contributed by atoms with Crippen LogP contribution in [0.25, 0.3) is 11.3 Å². The van der Waals surface area contributed by atoms with Gasteiger partial charge in [-0.25, -0.2) is 13.4 Å². The second-order valence-electron chi connectivity index (χ2n) is 7.73. The predicted octanol–water partition coefficient (Wildman–Crippen LogP) is 4.52. The number of amides is 1. The summed E-state index contributed by atoms with van der Waals surface area (Å²) in [5.74, 6) is 0.866. The molecule has 0 bridgehead atoms. The quantitative estimate of drug-likeness (QED) is 0.491. The van der Waals surface area contributed by atoms with Gasteiger partial charge in [0.2, 0.25) is 15.9 Å². The van der Waals surface area contributed by atoms with E-state index in [0.29, 0.717) is 40.2 Å². The van der Waals surface area contributed by atoms with Crippen molar-refractivity contribution < 1.29 is 22.7 Å². The fraction of sp³-hybridized carbons (Fsp3) is 0.304. The number of carbonyl (C=O) groups excluding carboxylic acids is 1. The first-order chi connectivity index (χ1) is 16.3. The number of piperidine rings is 1. The van der Waals surface area contributed by atoms with E-state index in [1.807, 2.05) is 11.4 Å². The molecule has 0 radical (unpaired) electrons. The maximum Gasteiger partial charge on any atom is 0.243 e. The molecule has 2 heterocycles. The number of hydrogen-bond acceptors (Lipinski definition) is 7. The lowest BCUT2D eigenvalue weighted by Gasteiger charge is -2.30. The summed E-state index contributed by atoms with van der Waals surface area (Å²) in [5.41, 5.74) is 1.43. The second kappa shape index (κ2) is 10.3. The van der Waals surface area contributed by atoms with E-state index in [-0.39, 0.29) is 29.8 Å². The Balaban J connectivity index is 1.39. The zero-order valence-electron chi connectivity index (χ0n) is 18.7. The van der Waals surface area contributed by atoms with Gasteiger partial charge in [-0.3, -0.25) is 4.79 Å². The second-order valence-corrected chi connectivity index (χ2v) is 11.0. The average Bonchev–Trinajstić information content (AvgIpc) is 3.32. The number of hydrogen-bond donors (Lipinski definition) is 1. The highest BCUT2D eigenvalue weighted by Crippen LogP contribution is 2.35. The molecule has 0 spiro atoms. The number of sulfonamides is 1. The van der Waals surface area contributed by atoms with Gasteiger partial charge in [-0.1, -0.05) is 11.6 Å². The van der Waals surface area contributed by atoms with Crippen LogP contribution in [0.5, 0.6) is 11.5 Å². The number of aromatic nitrogens is 1. The van der Waals surface area contributed by atoms with Gasteiger partial charge in [-0.05, 0) is 55.3 Å². The summed E-state index contributed by atoms with van der Waals surface area (Å²) in [4.78, 5) is 17.6. The number of halogens is 1. The molecule has 4 rings (SSSR count). The highest BCUT2D eigenvalue weighted by molar-refractivity contribution is 7.89. The lowest BCUT2D eigenvalue weighted by Crippen LogP contribution is -2.41. The lowest BCUT2D eigenvalue weighted by molar-refractivity contribution is -0.120. The highest BCUT2D eigenvalue weighted by Gasteiger charge is 2.32. The topological polar surface area (TPSA) is 97.8 Å². The van der Waals surface area contributed by atoms with Gasteiger partial charge < -0.3 is 14.8 Å². The molecule has 1 aliphatic rings. The van der Waals surface area contributed by atoms with Crippen LogP contribution in [0.1, 0.15) is 12.8 Å². The van der Waals surface area contributed by atoms with Crippen LogP contribution in [-0.4, -0.2) is 50.9 Å². The summed E-state index contributed by atoms with van der Waals surface area (Å²) in [6.45, 7) is 0.542. The van der Waals surface area contributed by atoms with E-state index in [2.05, 4.69) is 10.3 Å². The maximum absolute atomic E-state index is 12.9. The largest absolute Gasteiger partial charge is 0.497 e. The van der Waals surface area contributed by atoms with Gasteiger partial charge in [0.05, 0.1) is 24.8 Å². The monoisotopic (exact) mass is 521 g/mol. The molecule has 0 unspecified atom stereocenters. The van der Waals surface area contributed by atoms with Crippen molar-refractivity contribution in [1.29, 1.82) is 0 Å². The van der Waals surface area contributed by atoms with Crippen LogP contribution in [0.3, 0.4) is 0 Å². The molecule has 1 N–H and O–H groups in total. The Morgan fingerprint density at radius 1 is 1.12 bits per heavy atom. The van der Waals surface area contributed by atoms with E-state index in [9.17, 15) is 13.2 Å². The van der Waals surface area contributed by atoms with E-state index in [1.54, 1.807) is 38.5 Å². The van der Waals surface area contributed by atoms with Crippen LogP contribution in [0, 0.1) is 5.92 Å². The molecule has 8 nitrogen and oxygen atoms in total. The zero-order chi connectivity index (χ0) is 24.3. The van der Waals surface area contributed by atoms with Crippen LogP contribution in [-0.2, 0) is 14.8 Å². The van der Waals surface area contributed by atoms with Gasteiger partial charge in [0.25, 0.3) is 0 Å². The van der Waals surface area contributed by atoms with E-state index < -0.39 is 10.0 Å². The number of methoxy groups -OCH3 is 2. The molecule has 3 aromatic rings. The molecular formula is C23H24ClN3O5S2. The number of rotatable bonds is 7. The summed E-state index contributed by atoms with van der Waals surface area (Å²) in [6, 6.07) is 11.5. The Bertz CT molecular complexity index is 1270. The Morgan fingerprint density at radius 3 is 2.47 bits per heavy atom. The first-order valence-corrected chi connectivity index (χ1v) is 13.3. The first-order valence-electron chi connectivity index (χ1n) is 10.6. The van der Waals surface area contributed by atoms with Crippen LogP contribution >= 0.6 is 22.9 Å². The number of benzene rings is 2. The van der Waals surface area contributed by atoms with Crippen molar-refractivity contribution in [2.24, 2.45) is 5.92 Å². The maximum atomic E-state index is 12.9. The molecule has 1 aromatic heterocycles. The fourth-order valence-electron chi connectivity index (χ4n) is 3.79. The molecule has 1 amide bonds. The minimum absolute atomic E-state index is 0.165. The summed E-state index contributed by atoms with van der Waals surface area (Å²) in [6.07, 6.45) is 0.862. The molecule has 0 aliphatic carbocycles. The molecule has 1 fully saturated rings. The highest BCUT2D eigenvalue weighted by atomic mass is 35.5. The third-order valence-electron chi connectivity index (χ3n) is 5.69. The van der Waals surface area contributed by atoms with Gasteiger partial charge in [0, 0.05) is 35.0 Å². The third-order valence-corrected chi connectivity index (χ3v) is 8.62. The van der Waals surface area contributed by atoms with Crippen molar-refractivity contribution in [3.05, 3.63) is 52.9 Å². The predicted molar refractivity (Wildman–Crippen MR) is 132 cm³/mol. The molecule has 0 saturated carbocycles. The summed E-state index contributed by atoms with van der Waals surface area (Å²) < 4.78 is 37.8. The minimum atomic E-state index is -3.62. The van der Waals surface area contributed by atoms with Crippen LogP contribution in [0.15, 0.2) is 52.7 Å². The first kappa shape index (κ1) is 24.5. The van der Waals surface area contributed by atoms with E-state index >= 15 is 0 Å². The number of anilines is 1. The van der Waals surface area contributed by atoms with E-state index in [0.717, 1.165) is 5.56 Å². The van der Waals surface area contributed by atoms with Crippen molar-refractivity contribution in [2.75, 3.05) is 32.6 Å². The minimum Gasteiger partial charge on any atom is -0.497 e. The molecule has 1 aliphatic heterocycles. The normalized spacial score (nSPS) is 15.1. The van der Waals surface area contributed by atoms with Crippen molar-refractivity contribution in [2.45, 2.75) is 17.7 Å². The van der Waals surface area contributed by atoms with Crippen molar-refractivity contribution >= 4 is 44.0 Å². The zero-order valence-corrected chi connectivity index (χ0v) is 21.0. The van der Waals surface area contributed by atoms with Crippen LogP contribution in [0.2, 0.25) is 5.02 Å². The molecule has 180 valence electrons. The molecule has 1 saturated heterocycles. The summed E-state index contributed by atoms with van der Waals surface area (Å²) in [5, 5.41) is 5.66. The number of nitrogens with zero attached hydrogens (tertiary/aromatic N) is 2. The van der Waals surface area contributed by atoms with E-state index in [4.69, 9.17) is 21.1 Å². The lowest BCUT2D eigenvalue weighted by atomic mass is 9.97. The Labute approximate surface area is 207 Å². The Hall–Kier alpha value is -2.66. The fourth-order valence-corrected chi connectivity index (χ4v) is 6.10. The van der Waals surface area contributed by atoms with Gasteiger partial charge in [-0.15, -0.1) is 11.3 Å². The van der Waals surface area contributed by atoms with Crippen LogP contribution in [0.4, 0.5) is 5.13 Å². The average molecular weight is 522 g/mol. The number of carbonyl (C=O) groups is 1. The summed E-state index contributed by atoms with van der Waals surface area (Å²) >= 11 is 7.18. The smallest absolute Gasteiger partial charge is 0.243 e. The molecular weight excluding hydrogens is 498 g/mol. The number of thiazole rings is 1. The van der Waals surface area contributed by atoms with Gasteiger partial charge in [0.15, 0.2) is 5.13 Å². The number of nitrogens with one attached hydrogen (secondary N) is 1.